The van der Waals surface area contributed by atoms with Gasteiger partial charge in [-0.15, -0.1) is 0 Å². The first-order chi connectivity index (χ1) is 12.0. The quantitative estimate of drug-likeness (QED) is 0.858. The van der Waals surface area contributed by atoms with E-state index in [2.05, 4.69) is 11.4 Å². The molecule has 1 aliphatic rings. The number of nitrogens with one attached hydrogen (secondary N) is 1. The van der Waals surface area contributed by atoms with Crippen molar-refractivity contribution in [1.82, 2.24) is 14.5 Å². The van der Waals surface area contributed by atoms with Crippen LogP contribution < -0.4 is 21.5 Å². The van der Waals surface area contributed by atoms with Crippen LogP contribution in [0.4, 0.5) is 5.69 Å². The van der Waals surface area contributed by atoms with Gasteiger partial charge in [0.15, 0.2) is 0 Å². The Bertz CT molecular complexity index is 913. The van der Waals surface area contributed by atoms with Crippen molar-refractivity contribution >= 4 is 11.6 Å². The first-order valence-corrected chi connectivity index (χ1v) is 8.33. The second kappa shape index (κ2) is 7.06. The third-order valence-electron chi connectivity index (χ3n) is 4.52. The van der Waals surface area contributed by atoms with Gasteiger partial charge in [0.2, 0.25) is 5.91 Å². The molecule has 0 saturated carbocycles. The molecule has 0 bridgehead atoms. The molecule has 2 heterocycles. The predicted octanol–water partition coefficient (Wildman–Crippen LogP) is 0.153. The van der Waals surface area contributed by atoms with Crippen molar-refractivity contribution in [3.05, 3.63) is 62.4 Å². The number of hydrogen-bond donors (Lipinski definition) is 1. The van der Waals surface area contributed by atoms with Gasteiger partial charge in [0.1, 0.15) is 0 Å². The molecule has 1 N–H and O–H groups in total. The van der Waals surface area contributed by atoms with Crippen LogP contribution in [-0.4, -0.2) is 28.1 Å². The van der Waals surface area contributed by atoms with E-state index >= 15 is 0 Å². The van der Waals surface area contributed by atoms with Gasteiger partial charge in [0.25, 0.3) is 5.56 Å². The minimum atomic E-state index is -0.366. The average Bonchev–Trinajstić information content (AvgIpc) is 2.63. The number of carbonyl (C=O) groups excluding carboxylic acids is 1. The molecule has 25 heavy (non-hydrogen) atoms. The van der Waals surface area contributed by atoms with Crippen LogP contribution in [0.2, 0.25) is 0 Å². The molecule has 0 radical (unpaired) electrons. The molecule has 0 saturated heterocycles. The minimum absolute atomic E-state index is 0.0196. The first kappa shape index (κ1) is 17.2. The van der Waals surface area contributed by atoms with E-state index in [1.807, 2.05) is 18.2 Å². The zero-order valence-electron chi connectivity index (χ0n) is 14.5. The number of carbonyl (C=O) groups is 1. The van der Waals surface area contributed by atoms with Crippen LogP contribution in [-0.2, 0) is 31.9 Å². The van der Waals surface area contributed by atoms with E-state index in [1.54, 1.807) is 11.9 Å². The van der Waals surface area contributed by atoms with Crippen LogP contribution in [0.15, 0.2) is 40.1 Å². The Morgan fingerprint density at radius 2 is 1.96 bits per heavy atom. The molecule has 0 fully saturated rings. The monoisotopic (exact) mass is 342 g/mol. The van der Waals surface area contributed by atoms with Gasteiger partial charge in [-0.2, -0.15) is 0 Å². The van der Waals surface area contributed by atoms with Gasteiger partial charge in [0.05, 0.1) is 6.54 Å². The second-order valence-electron chi connectivity index (χ2n) is 6.29. The average molecular weight is 342 g/mol. The van der Waals surface area contributed by atoms with E-state index in [0.29, 0.717) is 12.1 Å². The standard InChI is InChI=1S/C18H22N4O3/c1-20-12-14(17(24)21(2)18(20)25)10-19-11-16(23)22-9-5-7-13-6-3-4-8-15(13)22/h3-4,6,8,12,19H,5,7,9-11H2,1-2H3. The van der Waals surface area contributed by atoms with E-state index in [1.165, 1.54) is 23.4 Å². The number of fused-ring (bicyclic) bond motifs is 1. The lowest BCUT2D eigenvalue weighted by molar-refractivity contribution is -0.117. The van der Waals surface area contributed by atoms with E-state index < -0.39 is 0 Å². The van der Waals surface area contributed by atoms with Gasteiger partial charge < -0.3 is 14.8 Å². The highest BCUT2D eigenvalue weighted by Crippen LogP contribution is 2.26. The minimum Gasteiger partial charge on any atom is -0.311 e. The number of nitrogens with zero attached hydrogens (tertiary/aromatic N) is 3. The Balaban J connectivity index is 1.67. The lowest BCUT2D eigenvalue weighted by Gasteiger charge is -2.29. The van der Waals surface area contributed by atoms with E-state index in [0.717, 1.165) is 23.1 Å². The molecule has 1 aromatic heterocycles. The zero-order valence-corrected chi connectivity index (χ0v) is 14.5. The molecule has 132 valence electrons. The summed E-state index contributed by atoms with van der Waals surface area (Å²) in [4.78, 5) is 38.1. The highest BCUT2D eigenvalue weighted by molar-refractivity contribution is 5.95. The van der Waals surface area contributed by atoms with Crippen LogP contribution >= 0.6 is 0 Å². The molecular formula is C18H22N4O3. The SMILES string of the molecule is Cn1cc(CNCC(=O)N2CCCc3ccccc32)c(=O)n(C)c1=O. The van der Waals surface area contributed by atoms with Crippen molar-refractivity contribution in [2.45, 2.75) is 19.4 Å². The maximum Gasteiger partial charge on any atom is 0.330 e. The lowest BCUT2D eigenvalue weighted by atomic mass is 10.0. The summed E-state index contributed by atoms with van der Waals surface area (Å²) in [7, 11) is 3.05. The fourth-order valence-corrected chi connectivity index (χ4v) is 3.20. The van der Waals surface area contributed by atoms with E-state index in [-0.39, 0.29) is 30.2 Å². The Kier molecular flexibility index (Phi) is 4.85. The van der Waals surface area contributed by atoms with Crippen LogP contribution in [0.5, 0.6) is 0 Å². The van der Waals surface area contributed by atoms with Gasteiger partial charge in [-0.25, -0.2) is 4.79 Å². The Labute approximate surface area is 145 Å². The molecule has 3 rings (SSSR count). The number of rotatable bonds is 4. The Morgan fingerprint density at radius 3 is 2.76 bits per heavy atom. The van der Waals surface area contributed by atoms with Crippen molar-refractivity contribution in [3.63, 3.8) is 0 Å². The normalized spacial score (nSPS) is 13.6. The fourth-order valence-electron chi connectivity index (χ4n) is 3.20. The van der Waals surface area contributed by atoms with E-state index in [4.69, 9.17) is 0 Å². The summed E-state index contributed by atoms with van der Waals surface area (Å²) >= 11 is 0. The van der Waals surface area contributed by atoms with Crippen molar-refractivity contribution < 1.29 is 4.79 Å². The molecule has 1 aromatic carbocycles. The van der Waals surface area contributed by atoms with Crippen molar-refractivity contribution in [3.8, 4) is 0 Å². The third kappa shape index (κ3) is 3.41. The van der Waals surface area contributed by atoms with Crippen molar-refractivity contribution in [1.29, 1.82) is 0 Å². The summed E-state index contributed by atoms with van der Waals surface area (Å²) in [6.07, 6.45) is 3.45. The lowest BCUT2D eigenvalue weighted by Crippen LogP contribution is -2.42. The molecular weight excluding hydrogens is 320 g/mol. The van der Waals surface area contributed by atoms with Crippen LogP contribution in [0.3, 0.4) is 0 Å². The van der Waals surface area contributed by atoms with Gasteiger partial charge >= 0.3 is 5.69 Å². The second-order valence-corrected chi connectivity index (χ2v) is 6.29. The Morgan fingerprint density at radius 1 is 1.20 bits per heavy atom. The van der Waals surface area contributed by atoms with Crippen LogP contribution in [0.1, 0.15) is 17.5 Å². The predicted molar refractivity (Wildman–Crippen MR) is 95.7 cm³/mol. The number of para-hydroxylation sites is 1. The topological polar surface area (TPSA) is 76.3 Å². The molecule has 1 aliphatic heterocycles. The number of aryl methyl sites for hydroxylation is 2. The largest absolute Gasteiger partial charge is 0.330 e. The fraction of sp³-hybridized carbons (Fsp3) is 0.389. The molecule has 2 aromatic rings. The summed E-state index contributed by atoms with van der Waals surface area (Å²) in [5.74, 6) is -0.0196. The summed E-state index contributed by atoms with van der Waals surface area (Å²) in [6, 6.07) is 7.94. The first-order valence-electron chi connectivity index (χ1n) is 8.33. The van der Waals surface area contributed by atoms with Crippen LogP contribution in [0.25, 0.3) is 0 Å². The highest BCUT2D eigenvalue weighted by atomic mass is 16.2. The number of benzene rings is 1. The molecule has 7 heteroatoms. The molecule has 0 unspecified atom stereocenters. The van der Waals surface area contributed by atoms with Gasteiger partial charge in [-0.1, -0.05) is 18.2 Å². The van der Waals surface area contributed by atoms with Gasteiger partial charge in [-0.3, -0.25) is 14.2 Å². The Hall–Kier alpha value is -2.67. The molecule has 1 amide bonds. The van der Waals surface area contributed by atoms with Crippen molar-refractivity contribution in [2.75, 3.05) is 18.0 Å². The van der Waals surface area contributed by atoms with E-state index in [9.17, 15) is 14.4 Å². The number of amides is 1. The molecule has 7 nitrogen and oxygen atoms in total. The molecule has 0 aliphatic carbocycles. The number of hydrogen-bond acceptors (Lipinski definition) is 4. The maximum absolute atomic E-state index is 12.5. The molecule has 0 spiro atoms. The summed E-state index contributed by atoms with van der Waals surface area (Å²) in [5, 5.41) is 3.02. The smallest absolute Gasteiger partial charge is 0.311 e. The summed E-state index contributed by atoms with van der Waals surface area (Å²) in [6.45, 7) is 1.08. The zero-order chi connectivity index (χ0) is 18.0. The van der Waals surface area contributed by atoms with Gasteiger partial charge in [-0.05, 0) is 24.5 Å². The third-order valence-corrected chi connectivity index (χ3v) is 4.52. The van der Waals surface area contributed by atoms with Crippen LogP contribution in [0, 0.1) is 0 Å². The maximum atomic E-state index is 12.5. The summed E-state index contributed by atoms with van der Waals surface area (Å²) in [5.41, 5.74) is 1.91. The summed E-state index contributed by atoms with van der Waals surface area (Å²) < 4.78 is 2.43. The number of anilines is 1. The number of aromatic nitrogens is 2. The van der Waals surface area contributed by atoms with Gasteiger partial charge in [0, 0.05) is 44.6 Å². The van der Waals surface area contributed by atoms with Crippen molar-refractivity contribution in [2.24, 2.45) is 14.1 Å². The molecule has 0 atom stereocenters. The highest BCUT2D eigenvalue weighted by Gasteiger charge is 2.21.